The number of alkyl halides is 3. The first-order valence-corrected chi connectivity index (χ1v) is 5.89. The molecule has 0 saturated heterocycles. The quantitative estimate of drug-likeness (QED) is 0.924. The molecule has 0 aliphatic heterocycles. The van der Waals surface area contributed by atoms with E-state index in [1.807, 2.05) is 6.07 Å². The van der Waals surface area contributed by atoms with Crippen LogP contribution in [0.2, 0.25) is 0 Å². The topological polar surface area (TPSA) is 29.3 Å². The van der Waals surface area contributed by atoms with Crippen molar-refractivity contribution >= 4 is 21.6 Å². The molecule has 1 aromatic rings. The van der Waals surface area contributed by atoms with Gasteiger partial charge in [-0.05, 0) is 17.7 Å². The average Bonchev–Trinajstić information content (AvgIpc) is 2.24. The molecule has 0 radical (unpaired) electrons. The van der Waals surface area contributed by atoms with Crippen LogP contribution in [0.25, 0.3) is 0 Å². The van der Waals surface area contributed by atoms with Crippen molar-refractivity contribution in [1.82, 2.24) is 0 Å². The lowest BCUT2D eigenvalue weighted by molar-refractivity contribution is -0.132. The standard InChI is InChI=1S/C11H14BrF3N2/c1-17(5-4-11(13,14)15)9-3-2-8(7-16)10(12)6-9/h2-3,6H,4-5,7,16H2,1H3. The zero-order chi connectivity index (χ0) is 13.1. The highest BCUT2D eigenvalue weighted by atomic mass is 79.9. The lowest BCUT2D eigenvalue weighted by atomic mass is 10.2. The smallest absolute Gasteiger partial charge is 0.374 e. The van der Waals surface area contributed by atoms with Crippen molar-refractivity contribution in [3.8, 4) is 0 Å². The van der Waals surface area contributed by atoms with Crippen LogP contribution < -0.4 is 10.6 Å². The van der Waals surface area contributed by atoms with Crippen LogP contribution in [0, 0.1) is 0 Å². The Hall–Kier alpha value is -0.750. The predicted molar refractivity (Wildman–Crippen MR) is 66.0 cm³/mol. The van der Waals surface area contributed by atoms with Gasteiger partial charge in [0.1, 0.15) is 0 Å². The number of nitrogens with zero attached hydrogens (tertiary/aromatic N) is 1. The molecule has 0 bridgehead atoms. The number of hydrogen-bond donors (Lipinski definition) is 1. The molecule has 0 saturated carbocycles. The molecule has 0 unspecified atom stereocenters. The molecule has 0 atom stereocenters. The van der Waals surface area contributed by atoms with Crippen LogP contribution in [-0.4, -0.2) is 19.8 Å². The second-order valence-electron chi connectivity index (χ2n) is 3.77. The van der Waals surface area contributed by atoms with Crippen molar-refractivity contribution in [1.29, 1.82) is 0 Å². The van der Waals surface area contributed by atoms with Crippen molar-refractivity contribution in [2.24, 2.45) is 5.73 Å². The molecule has 0 spiro atoms. The normalized spacial score (nSPS) is 11.6. The fourth-order valence-corrected chi connectivity index (χ4v) is 1.89. The van der Waals surface area contributed by atoms with E-state index in [4.69, 9.17) is 5.73 Å². The summed E-state index contributed by atoms with van der Waals surface area (Å²) in [6, 6.07) is 5.35. The zero-order valence-electron chi connectivity index (χ0n) is 9.39. The van der Waals surface area contributed by atoms with Crippen molar-refractivity contribution in [2.75, 3.05) is 18.5 Å². The molecule has 0 aromatic heterocycles. The molecule has 2 nitrogen and oxygen atoms in total. The molecule has 0 amide bonds. The molecule has 2 N–H and O–H groups in total. The van der Waals surface area contributed by atoms with Gasteiger partial charge in [0.15, 0.2) is 0 Å². The Kier molecular flexibility index (Phi) is 4.82. The van der Waals surface area contributed by atoms with Gasteiger partial charge < -0.3 is 10.6 Å². The Balaban J connectivity index is 2.69. The predicted octanol–water partition coefficient (Wildman–Crippen LogP) is 3.30. The molecule has 6 heteroatoms. The maximum absolute atomic E-state index is 12.1. The van der Waals surface area contributed by atoms with Gasteiger partial charge in [-0.1, -0.05) is 22.0 Å². The van der Waals surface area contributed by atoms with Crippen molar-refractivity contribution in [3.05, 3.63) is 28.2 Å². The van der Waals surface area contributed by atoms with E-state index in [1.54, 1.807) is 24.1 Å². The number of nitrogens with two attached hydrogens (primary N) is 1. The zero-order valence-corrected chi connectivity index (χ0v) is 11.0. The largest absolute Gasteiger partial charge is 0.390 e. The number of rotatable bonds is 4. The summed E-state index contributed by atoms with van der Waals surface area (Å²) in [5.74, 6) is 0. The first-order valence-electron chi connectivity index (χ1n) is 5.10. The summed E-state index contributed by atoms with van der Waals surface area (Å²) in [6.07, 6.45) is -4.94. The molecule has 1 rings (SSSR count). The molecular weight excluding hydrogens is 297 g/mol. The minimum Gasteiger partial charge on any atom is -0.374 e. The number of halogens is 4. The van der Waals surface area contributed by atoms with Gasteiger partial charge >= 0.3 is 6.18 Å². The minimum absolute atomic E-state index is 0.0576. The van der Waals surface area contributed by atoms with Gasteiger partial charge in [-0.25, -0.2) is 0 Å². The highest BCUT2D eigenvalue weighted by molar-refractivity contribution is 9.10. The molecule has 0 fully saturated rings. The van der Waals surface area contributed by atoms with E-state index in [0.29, 0.717) is 6.54 Å². The van der Waals surface area contributed by atoms with E-state index in [-0.39, 0.29) is 6.54 Å². The van der Waals surface area contributed by atoms with Gasteiger partial charge in [-0.15, -0.1) is 0 Å². The fourth-order valence-electron chi connectivity index (χ4n) is 1.36. The van der Waals surface area contributed by atoms with E-state index in [1.165, 1.54) is 0 Å². The third-order valence-electron chi connectivity index (χ3n) is 2.43. The second kappa shape index (κ2) is 5.73. The van der Waals surface area contributed by atoms with Crippen molar-refractivity contribution < 1.29 is 13.2 Å². The van der Waals surface area contributed by atoms with Crippen LogP contribution in [0.4, 0.5) is 18.9 Å². The summed E-state index contributed by atoms with van der Waals surface area (Å²) in [5.41, 5.74) is 7.16. The average molecular weight is 311 g/mol. The Labute approximate surface area is 107 Å². The summed E-state index contributed by atoms with van der Waals surface area (Å²) < 4.78 is 37.0. The first-order chi connectivity index (χ1) is 7.83. The Morgan fingerprint density at radius 1 is 1.35 bits per heavy atom. The maximum Gasteiger partial charge on any atom is 0.390 e. The van der Waals surface area contributed by atoms with E-state index in [9.17, 15) is 13.2 Å². The summed E-state index contributed by atoms with van der Waals surface area (Å²) >= 11 is 3.34. The van der Waals surface area contributed by atoms with E-state index in [2.05, 4.69) is 15.9 Å². The van der Waals surface area contributed by atoms with Gasteiger partial charge in [0.05, 0.1) is 6.42 Å². The van der Waals surface area contributed by atoms with Gasteiger partial charge in [0, 0.05) is 30.3 Å². The molecule has 0 aliphatic rings. The van der Waals surface area contributed by atoms with Crippen LogP contribution in [0.1, 0.15) is 12.0 Å². The summed E-state index contributed by atoms with van der Waals surface area (Å²) in [4.78, 5) is 1.57. The summed E-state index contributed by atoms with van der Waals surface area (Å²) in [6.45, 7) is 0.338. The highest BCUT2D eigenvalue weighted by Crippen LogP contribution is 2.25. The molecule has 0 heterocycles. The maximum atomic E-state index is 12.1. The number of hydrogen-bond acceptors (Lipinski definition) is 2. The minimum atomic E-state index is -4.12. The Bertz CT molecular complexity index is 379. The third-order valence-corrected chi connectivity index (χ3v) is 3.17. The first kappa shape index (κ1) is 14.3. The number of anilines is 1. The van der Waals surface area contributed by atoms with Gasteiger partial charge in [-0.3, -0.25) is 0 Å². The summed E-state index contributed by atoms with van der Waals surface area (Å²) in [5, 5.41) is 0. The molecule has 17 heavy (non-hydrogen) atoms. The third kappa shape index (κ3) is 4.55. The van der Waals surface area contributed by atoms with Crippen molar-refractivity contribution in [2.45, 2.75) is 19.1 Å². The second-order valence-corrected chi connectivity index (χ2v) is 4.62. The van der Waals surface area contributed by atoms with Gasteiger partial charge in [0.2, 0.25) is 0 Å². The van der Waals surface area contributed by atoms with Crippen LogP contribution >= 0.6 is 15.9 Å². The molecule has 96 valence electrons. The Morgan fingerprint density at radius 2 is 2.00 bits per heavy atom. The van der Waals surface area contributed by atoms with Crippen LogP contribution in [-0.2, 0) is 6.54 Å². The Morgan fingerprint density at radius 3 is 2.47 bits per heavy atom. The fraction of sp³-hybridized carbons (Fsp3) is 0.455. The lowest BCUT2D eigenvalue weighted by Crippen LogP contribution is -2.24. The van der Waals surface area contributed by atoms with E-state index in [0.717, 1.165) is 15.7 Å². The SMILES string of the molecule is CN(CCC(F)(F)F)c1ccc(CN)c(Br)c1. The molecule has 0 aliphatic carbocycles. The number of benzene rings is 1. The highest BCUT2D eigenvalue weighted by Gasteiger charge is 2.27. The monoisotopic (exact) mass is 310 g/mol. The lowest BCUT2D eigenvalue weighted by Gasteiger charge is -2.21. The van der Waals surface area contributed by atoms with Crippen LogP contribution in [0.15, 0.2) is 22.7 Å². The van der Waals surface area contributed by atoms with E-state index < -0.39 is 12.6 Å². The molecular formula is C11H14BrF3N2. The molecule has 1 aromatic carbocycles. The van der Waals surface area contributed by atoms with Crippen LogP contribution in [0.3, 0.4) is 0 Å². The van der Waals surface area contributed by atoms with Crippen molar-refractivity contribution in [3.63, 3.8) is 0 Å². The van der Waals surface area contributed by atoms with Crippen LogP contribution in [0.5, 0.6) is 0 Å². The van der Waals surface area contributed by atoms with Gasteiger partial charge in [0.25, 0.3) is 0 Å². The van der Waals surface area contributed by atoms with E-state index >= 15 is 0 Å². The summed E-state index contributed by atoms with van der Waals surface area (Å²) in [7, 11) is 1.63. The van der Waals surface area contributed by atoms with Gasteiger partial charge in [-0.2, -0.15) is 13.2 Å².